The molecule has 0 saturated carbocycles. The number of hydrogen-bond donors (Lipinski definition) is 2. The molecule has 0 aliphatic rings. The summed E-state index contributed by atoms with van der Waals surface area (Å²) >= 11 is 0. The number of benzene rings is 1. The molecule has 0 heterocycles. The minimum Gasteiger partial charge on any atom is -0.497 e. The number of esters is 1. The van der Waals surface area contributed by atoms with Gasteiger partial charge in [0.25, 0.3) is 5.91 Å². The molecule has 2 N–H and O–H groups in total. The van der Waals surface area contributed by atoms with Gasteiger partial charge in [-0.3, -0.25) is 14.9 Å². The Morgan fingerprint density at radius 2 is 1.95 bits per heavy atom. The Bertz CT molecular complexity index is 542. The van der Waals surface area contributed by atoms with Crippen LogP contribution in [0.15, 0.2) is 24.3 Å². The zero-order valence-electron chi connectivity index (χ0n) is 12.8. The minimum absolute atomic E-state index is 0.0165. The largest absolute Gasteiger partial charge is 0.497 e. The van der Waals surface area contributed by atoms with Crippen LogP contribution >= 0.6 is 0 Å². The van der Waals surface area contributed by atoms with Crippen LogP contribution in [0.2, 0.25) is 0 Å². The van der Waals surface area contributed by atoms with Crippen LogP contribution in [-0.4, -0.2) is 37.7 Å². The second-order valence-electron chi connectivity index (χ2n) is 4.87. The van der Waals surface area contributed by atoms with E-state index in [0.717, 1.165) is 0 Å². The molecule has 0 bridgehead atoms. The summed E-state index contributed by atoms with van der Waals surface area (Å²) in [5, 5.41) is 4.55. The molecule has 0 atom stereocenters. The van der Waals surface area contributed by atoms with Gasteiger partial charge in [-0.25, -0.2) is 4.79 Å². The van der Waals surface area contributed by atoms with Crippen molar-refractivity contribution >= 4 is 17.9 Å². The van der Waals surface area contributed by atoms with E-state index in [1.807, 2.05) is 0 Å². The molecule has 0 fully saturated rings. The predicted octanol–water partition coefficient (Wildman–Crippen LogP) is 1.02. The summed E-state index contributed by atoms with van der Waals surface area (Å²) in [6.45, 7) is 3.02. The Morgan fingerprint density at radius 1 is 1.23 bits per heavy atom. The molecule has 120 valence electrons. The molecule has 0 unspecified atom stereocenters. The van der Waals surface area contributed by atoms with Gasteiger partial charge in [0.05, 0.1) is 13.5 Å². The topological polar surface area (TPSA) is 93.7 Å². The number of amides is 3. The van der Waals surface area contributed by atoms with E-state index in [4.69, 9.17) is 9.47 Å². The van der Waals surface area contributed by atoms with Gasteiger partial charge in [-0.1, -0.05) is 12.1 Å². The van der Waals surface area contributed by atoms with E-state index in [2.05, 4.69) is 10.6 Å². The predicted molar refractivity (Wildman–Crippen MR) is 79.5 cm³/mol. The molecule has 1 aromatic rings. The number of imide groups is 1. The van der Waals surface area contributed by atoms with Crippen molar-refractivity contribution in [3.05, 3.63) is 29.8 Å². The van der Waals surface area contributed by atoms with E-state index in [-0.39, 0.29) is 12.5 Å². The van der Waals surface area contributed by atoms with Gasteiger partial charge in [0.1, 0.15) is 5.75 Å². The summed E-state index contributed by atoms with van der Waals surface area (Å²) in [5.74, 6) is -0.613. The molecular formula is C15H20N2O5. The molecule has 0 aliphatic carbocycles. The van der Waals surface area contributed by atoms with Gasteiger partial charge in [-0.2, -0.15) is 0 Å². The van der Waals surface area contributed by atoms with E-state index in [0.29, 0.717) is 11.3 Å². The molecule has 0 radical (unpaired) electrons. The SMILES string of the molecule is COc1cccc(CC(=O)OCC(=O)NC(=O)NC(C)C)c1. The lowest BCUT2D eigenvalue weighted by Crippen LogP contribution is -2.44. The molecule has 7 heteroatoms. The maximum Gasteiger partial charge on any atom is 0.321 e. The molecule has 0 aliphatic heterocycles. The fraction of sp³-hybridized carbons (Fsp3) is 0.400. The molecule has 3 amide bonds. The Hall–Kier alpha value is -2.57. The number of urea groups is 1. The highest BCUT2D eigenvalue weighted by Crippen LogP contribution is 2.13. The van der Waals surface area contributed by atoms with Crippen LogP contribution in [0.5, 0.6) is 5.75 Å². The third-order valence-corrected chi connectivity index (χ3v) is 2.52. The zero-order chi connectivity index (χ0) is 16.5. The van der Waals surface area contributed by atoms with Gasteiger partial charge < -0.3 is 14.8 Å². The number of methoxy groups -OCH3 is 1. The summed E-state index contributed by atoms with van der Waals surface area (Å²) in [5.41, 5.74) is 0.710. The van der Waals surface area contributed by atoms with Crippen LogP contribution in [0.1, 0.15) is 19.4 Å². The van der Waals surface area contributed by atoms with Crippen LogP contribution in [0.25, 0.3) is 0 Å². The molecule has 1 rings (SSSR count). The van der Waals surface area contributed by atoms with Crippen LogP contribution in [0, 0.1) is 0 Å². The molecular weight excluding hydrogens is 288 g/mol. The maximum atomic E-state index is 11.6. The van der Waals surface area contributed by atoms with Crippen LogP contribution < -0.4 is 15.4 Å². The summed E-state index contributed by atoms with van der Waals surface area (Å²) < 4.78 is 9.86. The second kappa shape index (κ2) is 8.66. The van der Waals surface area contributed by atoms with Crippen molar-refractivity contribution < 1.29 is 23.9 Å². The fourth-order valence-electron chi connectivity index (χ4n) is 1.61. The maximum absolute atomic E-state index is 11.6. The summed E-state index contributed by atoms with van der Waals surface area (Å²) in [7, 11) is 1.53. The normalized spacial score (nSPS) is 10.0. The van der Waals surface area contributed by atoms with E-state index in [9.17, 15) is 14.4 Å². The number of carbonyl (C=O) groups excluding carboxylic acids is 3. The quantitative estimate of drug-likeness (QED) is 0.765. The molecule has 22 heavy (non-hydrogen) atoms. The van der Waals surface area contributed by atoms with E-state index in [1.54, 1.807) is 38.1 Å². The number of nitrogens with one attached hydrogen (secondary N) is 2. The molecule has 0 aromatic heterocycles. The Kier molecular flexibility index (Phi) is 6.88. The van der Waals surface area contributed by atoms with E-state index >= 15 is 0 Å². The molecule has 0 saturated heterocycles. The van der Waals surface area contributed by atoms with Crippen LogP contribution in [0.3, 0.4) is 0 Å². The molecule has 0 spiro atoms. The average Bonchev–Trinajstić information content (AvgIpc) is 2.44. The average molecular weight is 308 g/mol. The third-order valence-electron chi connectivity index (χ3n) is 2.52. The number of carbonyl (C=O) groups is 3. The van der Waals surface area contributed by atoms with Gasteiger partial charge in [-0.15, -0.1) is 0 Å². The van der Waals surface area contributed by atoms with Gasteiger partial charge in [0.15, 0.2) is 6.61 Å². The third kappa shape index (κ3) is 6.74. The highest BCUT2D eigenvalue weighted by molar-refractivity contribution is 5.95. The summed E-state index contributed by atoms with van der Waals surface area (Å²) in [6.07, 6.45) is 0.0165. The monoisotopic (exact) mass is 308 g/mol. The Morgan fingerprint density at radius 3 is 2.59 bits per heavy atom. The number of rotatable bonds is 6. The standard InChI is InChI=1S/C15H20N2O5/c1-10(2)16-15(20)17-13(18)9-22-14(19)8-11-5-4-6-12(7-11)21-3/h4-7,10H,8-9H2,1-3H3,(H2,16,17,18,20). The van der Waals surface area contributed by atoms with Gasteiger partial charge in [0, 0.05) is 6.04 Å². The lowest BCUT2D eigenvalue weighted by Gasteiger charge is -2.09. The van der Waals surface area contributed by atoms with Crippen molar-refractivity contribution in [2.75, 3.05) is 13.7 Å². The highest BCUT2D eigenvalue weighted by Gasteiger charge is 2.12. The molecule has 7 nitrogen and oxygen atoms in total. The van der Waals surface area contributed by atoms with Crippen molar-refractivity contribution in [1.82, 2.24) is 10.6 Å². The van der Waals surface area contributed by atoms with Gasteiger partial charge in [0.2, 0.25) is 0 Å². The lowest BCUT2D eigenvalue weighted by atomic mass is 10.1. The van der Waals surface area contributed by atoms with Crippen molar-refractivity contribution in [3.8, 4) is 5.75 Å². The van der Waals surface area contributed by atoms with E-state index < -0.39 is 24.5 Å². The zero-order valence-corrected chi connectivity index (χ0v) is 12.8. The van der Waals surface area contributed by atoms with Crippen LogP contribution in [0.4, 0.5) is 4.79 Å². The first-order valence-corrected chi connectivity index (χ1v) is 6.79. The highest BCUT2D eigenvalue weighted by atomic mass is 16.5. The fourth-order valence-corrected chi connectivity index (χ4v) is 1.61. The summed E-state index contributed by atoms with van der Waals surface area (Å²) in [4.78, 5) is 34.3. The van der Waals surface area contributed by atoms with E-state index in [1.165, 1.54) is 7.11 Å². The molecule has 1 aromatic carbocycles. The van der Waals surface area contributed by atoms with Gasteiger partial charge in [-0.05, 0) is 31.5 Å². The summed E-state index contributed by atoms with van der Waals surface area (Å²) in [6, 6.07) is 6.25. The smallest absolute Gasteiger partial charge is 0.321 e. The lowest BCUT2D eigenvalue weighted by molar-refractivity contribution is -0.147. The van der Waals surface area contributed by atoms with Crippen molar-refractivity contribution in [1.29, 1.82) is 0 Å². The minimum atomic E-state index is -0.683. The van der Waals surface area contributed by atoms with Crippen molar-refractivity contribution in [3.63, 3.8) is 0 Å². The first kappa shape index (κ1) is 17.5. The Balaban J connectivity index is 2.36. The number of ether oxygens (including phenoxy) is 2. The first-order chi connectivity index (χ1) is 10.4. The number of hydrogen-bond acceptors (Lipinski definition) is 5. The second-order valence-corrected chi connectivity index (χ2v) is 4.87. The first-order valence-electron chi connectivity index (χ1n) is 6.79. The Labute approximate surface area is 129 Å². The van der Waals surface area contributed by atoms with Crippen molar-refractivity contribution in [2.45, 2.75) is 26.3 Å². The van der Waals surface area contributed by atoms with Gasteiger partial charge >= 0.3 is 12.0 Å². The van der Waals surface area contributed by atoms with Crippen LogP contribution in [-0.2, 0) is 20.7 Å². The van der Waals surface area contributed by atoms with Crippen molar-refractivity contribution in [2.24, 2.45) is 0 Å².